The van der Waals surface area contributed by atoms with Gasteiger partial charge in [-0.15, -0.1) is 12.4 Å². The van der Waals surface area contributed by atoms with Crippen LogP contribution in [0.5, 0.6) is 0 Å². The number of hydrogen-bond donors (Lipinski definition) is 2. The first-order valence-electron chi connectivity index (χ1n) is 5.54. The Morgan fingerprint density at radius 1 is 1.50 bits per heavy atom. The van der Waals surface area contributed by atoms with E-state index in [2.05, 4.69) is 15.4 Å². The molecule has 108 valence electrons. The summed E-state index contributed by atoms with van der Waals surface area (Å²) in [5.74, 6) is -0.492. The molecule has 0 aliphatic carbocycles. The van der Waals surface area contributed by atoms with Crippen LogP contribution in [0.15, 0.2) is 0 Å². The van der Waals surface area contributed by atoms with E-state index in [0.29, 0.717) is 6.04 Å². The fraction of sp³-hybridized carbons (Fsp3) is 0.900. The molecule has 2 unspecified atom stereocenters. The van der Waals surface area contributed by atoms with Crippen molar-refractivity contribution in [3.63, 3.8) is 0 Å². The first kappa shape index (κ1) is 17.5. The SMILES string of the molecule is CC1CC(NC(=O)COCC(F)(F)F)CCN1.Cl. The Balaban J connectivity index is 0.00000289. The molecule has 8 heteroatoms. The summed E-state index contributed by atoms with van der Waals surface area (Å²) in [6.45, 7) is 0.870. The van der Waals surface area contributed by atoms with Crippen LogP contribution in [0.1, 0.15) is 19.8 Å². The van der Waals surface area contributed by atoms with Gasteiger partial charge in [0.25, 0.3) is 0 Å². The molecule has 2 atom stereocenters. The Morgan fingerprint density at radius 2 is 2.17 bits per heavy atom. The molecule has 1 heterocycles. The molecule has 1 rings (SSSR count). The molecule has 0 bridgehead atoms. The second kappa shape index (κ2) is 7.81. The largest absolute Gasteiger partial charge is 0.411 e. The van der Waals surface area contributed by atoms with Crippen molar-refractivity contribution < 1.29 is 22.7 Å². The molecule has 1 fully saturated rings. The lowest BCUT2D eigenvalue weighted by Crippen LogP contribution is -2.47. The minimum Gasteiger partial charge on any atom is -0.362 e. The van der Waals surface area contributed by atoms with E-state index in [1.807, 2.05) is 6.92 Å². The van der Waals surface area contributed by atoms with Crippen molar-refractivity contribution >= 4 is 18.3 Å². The molecular formula is C10H18ClF3N2O2. The number of piperidine rings is 1. The summed E-state index contributed by atoms with van der Waals surface area (Å²) < 4.78 is 39.5. The first-order chi connectivity index (χ1) is 7.87. The van der Waals surface area contributed by atoms with Crippen LogP contribution in [0.4, 0.5) is 13.2 Å². The fourth-order valence-corrected chi connectivity index (χ4v) is 1.79. The number of ether oxygens (including phenoxy) is 1. The predicted molar refractivity (Wildman–Crippen MR) is 62.8 cm³/mol. The first-order valence-corrected chi connectivity index (χ1v) is 5.54. The monoisotopic (exact) mass is 290 g/mol. The molecule has 0 aromatic heterocycles. The Labute approximate surface area is 110 Å². The van der Waals surface area contributed by atoms with Crippen LogP contribution in [0.25, 0.3) is 0 Å². The standard InChI is InChI=1S/C10H17F3N2O2.ClH/c1-7-4-8(2-3-14-7)15-9(16)5-17-6-10(11,12)13;/h7-8,14H,2-6H2,1H3,(H,15,16);1H. The summed E-state index contributed by atoms with van der Waals surface area (Å²) in [5.41, 5.74) is 0. The van der Waals surface area contributed by atoms with Crippen molar-refractivity contribution in [1.29, 1.82) is 0 Å². The van der Waals surface area contributed by atoms with Crippen LogP contribution in [-0.4, -0.2) is 43.9 Å². The predicted octanol–water partition coefficient (Wildman–Crippen LogP) is 1.24. The van der Waals surface area contributed by atoms with E-state index >= 15 is 0 Å². The molecule has 0 spiro atoms. The molecule has 1 saturated heterocycles. The molecule has 1 aliphatic heterocycles. The molecule has 1 amide bonds. The van der Waals surface area contributed by atoms with E-state index in [-0.39, 0.29) is 18.4 Å². The summed E-state index contributed by atoms with van der Waals surface area (Å²) in [6.07, 6.45) is -2.82. The summed E-state index contributed by atoms with van der Waals surface area (Å²) in [5, 5.41) is 5.88. The van der Waals surface area contributed by atoms with E-state index in [0.717, 1.165) is 19.4 Å². The average Bonchev–Trinajstić information content (AvgIpc) is 2.15. The Kier molecular flexibility index (Phi) is 7.58. The van der Waals surface area contributed by atoms with Crippen LogP contribution >= 0.6 is 12.4 Å². The second-order valence-corrected chi connectivity index (χ2v) is 4.25. The third kappa shape index (κ3) is 7.73. The maximum absolute atomic E-state index is 11.8. The van der Waals surface area contributed by atoms with Gasteiger partial charge in [0, 0.05) is 12.1 Å². The van der Waals surface area contributed by atoms with Gasteiger partial charge in [0.05, 0.1) is 0 Å². The summed E-state index contributed by atoms with van der Waals surface area (Å²) >= 11 is 0. The van der Waals surface area contributed by atoms with Gasteiger partial charge in [0.15, 0.2) is 0 Å². The van der Waals surface area contributed by atoms with Crippen LogP contribution < -0.4 is 10.6 Å². The Hall–Kier alpha value is -0.530. The van der Waals surface area contributed by atoms with Gasteiger partial charge in [0.2, 0.25) is 5.91 Å². The molecular weight excluding hydrogens is 273 g/mol. The highest BCUT2D eigenvalue weighted by molar-refractivity contribution is 5.85. The van der Waals surface area contributed by atoms with Crippen molar-refractivity contribution in [2.24, 2.45) is 0 Å². The van der Waals surface area contributed by atoms with E-state index in [1.54, 1.807) is 0 Å². The van der Waals surface area contributed by atoms with Crippen LogP contribution in [0.2, 0.25) is 0 Å². The molecule has 4 nitrogen and oxygen atoms in total. The summed E-state index contributed by atoms with van der Waals surface area (Å²) in [7, 11) is 0. The minimum atomic E-state index is -4.39. The van der Waals surface area contributed by atoms with Crippen molar-refractivity contribution in [1.82, 2.24) is 10.6 Å². The van der Waals surface area contributed by atoms with Crippen molar-refractivity contribution in [2.75, 3.05) is 19.8 Å². The molecule has 2 N–H and O–H groups in total. The van der Waals surface area contributed by atoms with Gasteiger partial charge in [-0.05, 0) is 26.3 Å². The van der Waals surface area contributed by atoms with Gasteiger partial charge in [-0.3, -0.25) is 4.79 Å². The maximum atomic E-state index is 11.8. The molecule has 0 saturated carbocycles. The molecule has 0 aromatic carbocycles. The highest BCUT2D eigenvalue weighted by Gasteiger charge is 2.28. The number of amides is 1. The number of carbonyl (C=O) groups excluding carboxylic acids is 1. The molecule has 0 aromatic rings. The van der Waals surface area contributed by atoms with E-state index in [9.17, 15) is 18.0 Å². The summed E-state index contributed by atoms with van der Waals surface area (Å²) in [6, 6.07) is 0.332. The average molecular weight is 291 g/mol. The third-order valence-electron chi connectivity index (χ3n) is 2.49. The molecule has 18 heavy (non-hydrogen) atoms. The highest BCUT2D eigenvalue weighted by Crippen LogP contribution is 2.14. The van der Waals surface area contributed by atoms with E-state index in [4.69, 9.17) is 0 Å². The van der Waals surface area contributed by atoms with Crippen molar-refractivity contribution in [3.05, 3.63) is 0 Å². The summed E-state index contributed by atoms with van der Waals surface area (Å²) in [4.78, 5) is 11.3. The third-order valence-corrected chi connectivity index (χ3v) is 2.49. The zero-order valence-electron chi connectivity index (χ0n) is 10.0. The van der Waals surface area contributed by atoms with Gasteiger partial charge in [-0.2, -0.15) is 13.2 Å². The van der Waals surface area contributed by atoms with Crippen LogP contribution in [0, 0.1) is 0 Å². The van der Waals surface area contributed by atoms with Gasteiger partial charge in [-0.25, -0.2) is 0 Å². The quantitative estimate of drug-likeness (QED) is 0.819. The molecule has 1 aliphatic rings. The van der Waals surface area contributed by atoms with Gasteiger partial charge in [0.1, 0.15) is 13.2 Å². The number of halogens is 4. The minimum absolute atomic E-state index is 0. The van der Waals surface area contributed by atoms with Gasteiger partial charge < -0.3 is 15.4 Å². The Morgan fingerprint density at radius 3 is 2.72 bits per heavy atom. The lowest BCUT2D eigenvalue weighted by Gasteiger charge is -2.28. The van der Waals surface area contributed by atoms with Gasteiger partial charge >= 0.3 is 6.18 Å². The van der Waals surface area contributed by atoms with E-state index < -0.39 is 25.3 Å². The highest BCUT2D eigenvalue weighted by atomic mass is 35.5. The fourth-order valence-electron chi connectivity index (χ4n) is 1.79. The van der Waals surface area contributed by atoms with Crippen LogP contribution in [-0.2, 0) is 9.53 Å². The lowest BCUT2D eigenvalue weighted by molar-refractivity contribution is -0.175. The zero-order chi connectivity index (χ0) is 12.9. The normalized spacial score (nSPS) is 24.2. The molecule has 0 radical (unpaired) electrons. The Bertz CT molecular complexity index is 264. The van der Waals surface area contributed by atoms with E-state index in [1.165, 1.54) is 0 Å². The van der Waals surface area contributed by atoms with Gasteiger partial charge in [-0.1, -0.05) is 0 Å². The number of alkyl halides is 3. The number of nitrogens with one attached hydrogen (secondary N) is 2. The maximum Gasteiger partial charge on any atom is 0.411 e. The zero-order valence-corrected chi connectivity index (χ0v) is 10.9. The smallest absolute Gasteiger partial charge is 0.362 e. The number of hydrogen-bond acceptors (Lipinski definition) is 3. The van der Waals surface area contributed by atoms with Crippen molar-refractivity contribution in [3.8, 4) is 0 Å². The van der Waals surface area contributed by atoms with Crippen molar-refractivity contribution in [2.45, 2.75) is 38.0 Å². The topological polar surface area (TPSA) is 50.4 Å². The number of rotatable bonds is 4. The van der Waals surface area contributed by atoms with Crippen LogP contribution in [0.3, 0.4) is 0 Å². The second-order valence-electron chi connectivity index (χ2n) is 4.25. The number of carbonyl (C=O) groups is 1. The lowest BCUT2D eigenvalue weighted by atomic mass is 10.0.